The standard InChI is InChI=1S/C19H16N4O3/c1-11-6-15-16(7-12(11)2)22-19(21-15)14(10-20)8-13-4-5-18(26-3)17(9-13)23(24)25/h4-9H,1-3H3,(H,21,22). The highest BCUT2D eigenvalue weighted by molar-refractivity contribution is 5.90. The van der Waals surface area contributed by atoms with Gasteiger partial charge in [-0.2, -0.15) is 5.26 Å². The highest BCUT2D eigenvalue weighted by Gasteiger charge is 2.15. The number of fused-ring (bicyclic) bond motifs is 1. The van der Waals surface area contributed by atoms with Crippen LogP contribution in [0.5, 0.6) is 5.75 Å². The summed E-state index contributed by atoms with van der Waals surface area (Å²) in [5.74, 6) is 0.589. The summed E-state index contributed by atoms with van der Waals surface area (Å²) in [4.78, 5) is 18.2. The third-order valence-electron chi connectivity index (χ3n) is 4.18. The first-order valence-corrected chi connectivity index (χ1v) is 7.84. The van der Waals surface area contributed by atoms with E-state index in [9.17, 15) is 15.4 Å². The molecule has 0 aliphatic carbocycles. The van der Waals surface area contributed by atoms with E-state index in [1.54, 1.807) is 12.1 Å². The molecule has 0 saturated heterocycles. The average molecular weight is 348 g/mol. The number of aryl methyl sites for hydroxylation is 2. The van der Waals surface area contributed by atoms with Gasteiger partial charge < -0.3 is 9.72 Å². The van der Waals surface area contributed by atoms with Crippen molar-refractivity contribution >= 4 is 28.4 Å². The molecular weight excluding hydrogens is 332 g/mol. The smallest absolute Gasteiger partial charge is 0.311 e. The molecule has 0 bridgehead atoms. The van der Waals surface area contributed by atoms with Crippen LogP contribution in [-0.4, -0.2) is 22.0 Å². The Morgan fingerprint density at radius 3 is 2.69 bits per heavy atom. The molecule has 3 aromatic rings. The summed E-state index contributed by atoms with van der Waals surface area (Å²) in [7, 11) is 1.37. The molecule has 7 nitrogen and oxygen atoms in total. The maximum atomic E-state index is 11.2. The van der Waals surface area contributed by atoms with E-state index in [1.807, 2.05) is 26.0 Å². The molecule has 130 valence electrons. The summed E-state index contributed by atoms with van der Waals surface area (Å²) in [5, 5.41) is 20.7. The van der Waals surface area contributed by atoms with Gasteiger partial charge in [-0.15, -0.1) is 0 Å². The zero-order valence-corrected chi connectivity index (χ0v) is 14.5. The van der Waals surface area contributed by atoms with Gasteiger partial charge in [0.2, 0.25) is 0 Å². The largest absolute Gasteiger partial charge is 0.490 e. The minimum absolute atomic E-state index is 0.158. The molecule has 0 unspecified atom stereocenters. The van der Waals surface area contributed by atoms with Crippen molar-refractivity contribution in [3.8, 4) is 11.8 Å². The minimum Gasteiger partial charge on any atom is -0.490 e. The Morgan fingerprint density at radius 1 is 1.31 bits per heavy atom. The van der Waals surface area contributed by atoms with Crippen LogP contribution < -0.4 is 4.74 Å². The molecule has 0 atom stereocenters. The van der Waals surface area contributed by atoms with Crippen LogP contribution in [0.25, 0.3) is 22.7 Å². The molecule has 26 heavy (non-hydrogen) atoms. The number of hydrogen-bond donors (Lipinski definition) is 1. The average Bonchev–Trinajstić information content (AvgIpc) is 3.02. The number of nitro groups is 1. The molecule has 3 rings (SSSR count). The minimum atomic E-state index is -0.519. The molecule has 0 radical (unpaired) electrons. The maximum Gasteiger partial charge on any atom is 0.311 e. The van der Waals surface area contributed by atoms with Gasteiger partial charge in [0.1, 0.15) is 11.9 Å². The van der Waals surface area contributed by atoms with Gasteiger partial charge in [-0.05, 0) is 54.8 Å². The van der Waals surface area contributed by atoms with E-state index in [4.69, 9.17) is 4.74 Å². The number of benzene rings is 2. The van der Waals surface area contributed by atoms with E-state index in [-0.39, 0.29) is 17.0 Å². The lowest BCUT2D eigenvalue weighted by Crippen LogP contribution is -1.94. The lowest BCUT2D eigenvalue weighted by atomic mass is 10.1. The molecule has 2 aromatic carbocycles. The van der Waals surface area contributed by atoms with Crippen molar-refractivity contribution in [1.29, 1.82) is 5.26 Å². The number of ether oxygens (including phenoxy) is 1. The Bertz CT molecular complexity index is 1050. The molecule has 0 fully saturated rings. The Morgan fingerprint density at radius 2 is 2.04 bits per heavy atom. The fraction of sp³-hybridized carbons (Fsp3) is 0.158. The third-order valence-corrected chi connectivity index (χ3v) is 4.18. The number of aromatic amines is 1. The fourth-order valence-corrected chi connectivity index (χ4v) is 2.66. The lowest BCUT2D eigenvalue weighted by Gasteiger charge is -2.02. The second-order valence-electron chi connectivity index (χ2n) is 5.90. The van der Waals surface area contributed by atoms with E-state index in [0.717, 1.165) is 22.2 Å². The van der Waals surface area contributed by atoms with Gasteiger partial charge in [-0.25, -0.2) is 4.98 Å². The molecule has 1 heterocycles. The number of imidazole rings is 1. The van der Waals surface area contributed by atoms with Crippen LogP contribution in [-0.2, 0) is 0 Å². The highest BCUT2D eigenvalue weighted by atomic mass is 16.6. The molecule has 0 aliphatic heterocycles. The van der Waals surface area contributed by atoms with Crippen LogP contribution in [0.4, 0.5) is 5.69 Å². The SMILES string of the molecule is COc1ccc(C=C(C#N)c2nc3cc(C)c(C)cc3[nH]2)cc1[N+](=O)[O-]. The molecule has 7 heteroatoms. The van der Waals surface area contributed by atoms with E-state index < -0.39 is 4.92 Å². The lowest BCUT2D eigenvalue weighted by molar-refractivity contribution is -0.385. The van der Waals surface area contributed by atoms with Crippen molar-refractivity contribution < 1.29 is 9.66 Å². The van der Waals surface area contributed by atoms with Crippen molar-refractivity contribution in [3.05, 3.63) is 63.0 Å². The van der Waals surface area contributed by atoms with Gasteiger partial charge >= 0.3 is 5.69 Å². The number of H-pyrrole nitrogens is 1. The summed E-state index contributed by atoms with van der Waals surface area (Å²) in [5.41, 5.74) is 4.49. The molecule has 0 saturated carbocycles. The summed E-state index contributed by atoms with van der Waals surface area (Å²) >= 11 is 0. The molecule has 0 aliphatic rings. The summed E-state index contributed by atoms with van der Waals surface area (Å²) in [6.07, 6.45) is 1.56. The van der Waals surface area contributed by atoms with Crippen molar-refractivity contribution in [1.82, 2.24) is 9.97 Å². The number of nitrogens with one attached hydrogen (secondary N) is 1. The molecule has 0 amide bonds. The maximum absolute atomic E-state index is 11.2. The summed E-state index contributed by atoms with van der Waals surface area (Å²) in [6.45, 7) is 4.01. The van der Waals surface area contributed by atoms with E-state index >= 15 is 0 Å². The van der Waals surface area contributed by atoms with Gasteiger partial charge in [-0.1, -0.05) is 6.07 Å². The number of allylic oxidation sites excluding steroid dienone is 1. The highest BCUT2D eigenvalue weighted by Crippen LogP contribution is 2.29. The zero-order valence-electron chi connectivity index (χ0n) is 14.5. The van der Waals surface area contributed by atoms with Crippen LogP contribution in [0.15, 0.2) is 30.3 Å². The molecule has 1 aromatic heterocycles. The number of rotatable bonds is 4. The van der Waals surface area contributed by atoms with Crippen LogP contribution in [0.1, 0.15) is 22.5 Å². The third kappa shape index (κ3) is 3.13. The number of aromatic nitrogens is 2. The quantitative estimate of drug-likeness (QED) is 0.433. The van der Waals surface area contributed by atoms with Crippen LogP contribution >= 0.6 is 0 Å². The second-order valence-corrected chi connectivity index (χ2v) is 5.90. The van der Waals surface area contributed by atoms with Crippen molar-refractivity contribution in [2.75, 3.05) is 7.11 Å². The van der Waals surface area contributed by atoms with Crippen LogP contribution in [0.3, 0.4) is 0 Å². The Hall–Kier alpha value is -3.66. The molecule has 0 spiro atoms. The van der Waals surface area contributed by atoms with E-state index in [2.05, 4.69) is 16.0 Å². The normalized spacial score (nSPS) is 11.4. The second kappa shape index (κ2) is 6.69. The molecular formula is C19H16N4O3. The number of hydrogen-bond acceptors (Lipinski definition) is 5. The summed E-state index contributed by atoms with van der Waals surface area (Å²) < 4.78 is 4.99. The molecule has 1 N–H and O–H groups in total. The Kier molecular flexibility index (Phi) is 4.42. The zero-order chi connectivity index (χ0) is 18.8. The summed E-state index contributed by atoms with van der Waals surface area (Å²) in [6, 6.07) is 10.6. The van der Waals surface area contributed by atoms with Gasteiger partial charge in [0.15, 0.2) is 5.75 Å². The van der Waals surface area contributed by atoms with E-state index in [0.29, 0.717) is 11.4 Å². The first-order chi connectivity index (χ1) is 12.4. The monoisotopic (exact) mass is 348 g/mol. The number of nitriles is 1. The van der Waals surface area contributed by atoms with Crippen molar-refractivity contribution in [2.24, 2.45) is 0 Å². The number of methoxy groups -OCH3 is 1. The van der Waals surface area contributed by atoms with Gasteiger partial charge in [0.05, 0.1) is 28.6 Å². The Balaban J connectivity index is 2.08. The van der Waals surface area contributed by atoms with Crippen LogP contribution in [0.2, 0.25) is 0 Å². The first-order valence-electron chi connectivity index (χ1n) is 7.84. The van der Waals surface area contributed by atoms with Gasteiger partial charge in [-0.3, -0.25) is 10.1 Å². The number of nitro benzene ring substituents is 1. The predicted octanol–water partition coefficient (Wildman–Crippen LogP) is 4.16. The first kappa shape index (κ1) is 17.2. The topological polar surface area (TPSA) is 105 Å². The Labute approximate surface area is 149 Å². The van der Waals surface area contributed by atoms with Crippen molar-refractivity contribution in [3.63, 3.8) is 0 Å². The van der Waals surface area contributed by atoms with Crippen LogP contribution in [0, 0.1) is 35.3 Å². The number of nitrogens with zero attached hydrogens (tertiary/aromatic N) is 3. The predicted molar refractivity (Wildman–Crippen MR) is 98.7 cm³/mol. The van der Waals surface area contributed by atoms with Gasteiger partial charge in [0.25, 0.3) is 0 Å². The fourth-order valence-electron chi connectivity index (χ4n) is 2.66. The van der Waals surface area contributed by atoms with E-state index in [1.165, 1.54) is 19.2 Å². The van der Waals surface area contributed by atoms with Crippen molar-refractivity contribution in [2.45, 2.75) is 13.8 Å². The van der Waals surface area contributed by atoms with Gasteiger partial charge in [0, 0.05) is 6.07 Å².